The van der Waals surface area contributed by atoms with Crippen molar-refractivity contribution in [2.75, 3.05) is 31.6 Å². The lowest BCUT2D eigenvalue weighted by molar-refractivity contribution is -0.183. The summed E-state index contributed by atoms with van der Waals surface area (Å²) < 4.78 is 2.29. The highest BCUT2D eigenvalue weighted by atomic mass is 33.1. The number of nitrogens with one attached hydrogen (secondary N) is 2. The van der Waals surface area contributed by atoms with Crippen molar-refractivity contribution < 1.29 is 30.3 Å². The van der Waals surface area contributed by atoms with Gasteiger partial charge < -0.3 is 46.5 Å². The van der Waals surface area contributed by atoms with Crippen LogP contribution in [0.5, 0.6) is 0 Å². The summed E-state index contributed by atoms with van der Waals surface area (Å²) in [6.07, 6.45) is 15.7. The average Bonchev–Trinajstić information content (AvgIpc) is 3.88. The Kier molecular flexibility index (Phi) is 12.7. The fourth-order valence-corrected chi connectivity index (χ4v) is 20.3. The van der Waals surface area contributed by atoms with Gasteiger partial charge in [-0.05, 0) is 137 Å². The SMILES string of the molecule is CNCC1C(O)C(O)CC2(C)C3C(=CC(=O)C12)C1(O)C2CSSCC(n4ccnc4)CC(C)(C)C4=C5CCCCC5C5=C6C(CCC5)CC(C(O)C64)C(C2)C1(C)CC3CN=C(N)NC(C)O. The molecule has 4 bridgehead atoms. The Bertz CT molecular complexity index is 2160. The molecule has 1 aliphatic heterocycles. The minimum atomic E-state index is -1.39. The van der Waals surface area contributed by atoms with Crippen LogP contribution in [0.1, 0.15) is 118 Å². The maximum Gasteiger partial charge on any atom is 0.190 e. The molecule has 14 heteroatoms. The molecule has 18 unspecified atom stereocenters. The van der Waals surface area contributed by atoms with E-state index in [0.29, 0.717) is 37.1 Å². The van der Waals surface area contributed by atoms with Gasteiger partial charge in [0.05, 0.1) is 30.2 Å². The van der Waals surface area contributed by atoms with E-state index in [1.807, 2.05) is 41.2 Å². The molecule has 9 aliphatic rings. The van der Waals surface area contributed by atoms with Gasteiger partial charge >= 0.3 is 0 Å². The number of carbonyl (C=O) groups is 1. The topological polar surface area (TPSA) is 198 Å². The highest BCUT2D eigenvalue weighted by molar-refractivity contribution is 8.76. The number of hydrogen-bond acceptors (Lipinski definition) is 11. The van der Waals surface area contributed by atoms with Crippen LogP contribution in [0.4, 0.5) is 0 Å². The lowest BCUT2D eigenvalue weighted by atomic mass is 9.41. The number of allylic oxidation sites excluding steroid dienone is 3. The van der Waals surface area contributed by atoms with Gasteiger partial charge in [-0.15, -0.1) is 0 Å². The molecule has 0 spiro atoms. The van der Waals surface area contributed by atoms with E-state index in [0.717, 1.165) is 49.9 Å². The maximum atomic E-state index is 15.1. The first-order valence-corrected chi connectivity index (χ1v) is 28.0. The number of rotatable bonds is 6. The molecule has 66 heavy (non-hydrogen) atoms. The number of aliphatic hydroxyl groups is 5. The van der Waals surface area contributed by atoms with E-state index in [9.17, 15) is 25.5 Å². The third-order valence-corrected chi connectivity index (χ3v) is 22.2. The van der Waals surface area contributed by atoms with Crippen molar-refractivity contribution in [3.8, 4) is 0 Å². The summed E-state index contributed by atoms with van der Waals surface area (Å²) in [5, 5.41) is 67.6. The molecule has 1 aromatic rings. The van der Waals surface area contributed by atoms with Gasteiger partial charge in [-0.1, -0.05) is 78.0 Å². The molecule has 12 nitrogen and oxygen atoms in total. The van der Waals surface area contributed by atoms with Crippen molar-refractivity contribution in [2.45, 2.75) is 148 Å². The number of aliphatic imine (C=N–C) groups is 1. The van der Waals surface area contributed by atoms with Gasteiger partial charge in [0.1, 0.15) is 6.23 Å². The molecule has 5 saturated carbocycles. The smallest absolute Gasteiger partial charge is 0.190 e. The normalized spacial score (nSPS) is 46.0. The number of hydrogen-bond donors (Lipinski definition) is 8. The van der Waals surface area contributed by atoms with E-state index in [-0.39, 0.29) is 65.1 Å². The Labute approximate surface area is 400 Å². The Morgan fingerprint density at radius 3 is 2.52 bits per heavy atom. The van der Waals surface area contributed by atoms with Crippen molar-refractivity contribution in [3.63, 3.8) is 0 Å². The zero-order valence-corrected chi connectivity index (χ0v) is 41.8. The van der Waals surface area contributed by atoms with Crippen LogP contribution in [-0.4, -0.2) is 109 Å². The molecule has 1 aromatic heterocycles. The number of ketones is 1. The largest absolute Gasteiger partial charge is 0.392 e. The van der Waals surface area contributed by atoms with Crippen molar-refractivity contribution >= 4 is 33.3 Å². The zero-order chi connectivity index (χ0) is 46.7. The van der Waals surface area contributed by atoms with E-state index >= 15 is 4.79 Å². The van der Waals surface area contributed by atoms with E-state index in [1.54, 1.807) is 29.7 Å². The predicted molar refractivity (Wildman–Crippen MR) is 262 cm³/mol. The molecular weight excluding hydrogens is 869 g/mol. The van der Waals surface area contributed by atoms with Gasteiger partial charge in [-0.3, -0.25) is 9.79 Å². The molecule has 0 aromatic carbocycles. The summed E-state index contributed by atoms with van der Waals surface area (Å²) in [4.78, 5) is 24.5. The van der Waals surface area contributed by atoms with E-state index in [4.69, 9.17) is 10.7 Å². The first-order chi connectivity index (χ1) is 31.4. The van der Waals surface area contributed by atoms with Gasteiger partial charge in [-0.25, -0.2) is 4.98 Å². The van der Waals surface area contributed by atoms with Gasteiger partial charge in [0.15, 0.2) is 11.7 Å². The Balaban J connectivity index is 1.15. The van der Waals surface area contributed by atoms with Crippen LogP contribution in [0.3, 0.4) is 0 Å². The summed E-state index contributed by atoms with van der Waals surface area (Å²) >= 11 is 0. The molecule has 2 heterocycles. The lowest BCUT2D eigenvalue weighted by Gasteiger charge is -2.65. The summed E-state index contributed by atoms with van der Waals surface area (Å²) in [5.74, 6) is 0.462. The molecule has 9 N–H and O–H groups in total. The van der Waals surface area contributed by atoms with E-state index in [1.165, 1.54) is 31.3 Å². The van der Waals surface area contributed by atoms with Crippen molar-refractivity contribution in [2.24, 2.45) is 86.2 Å². The standard InChI is InChI=1S/C52H78N6O6S2/c1-27(59)57-48(53)56-22-29-19-51(5)37-17-30(52(51,64)38-18-39(60)44-36(23-54-6)46(62)40(61)21-50(44,4)43(29)38)24-65-66-25-31(58-15-14-55-26-58)20-49(2,3)45-34-12-8-7-11-32(34)33-13-9-10-28-16-35(37)47(63)42(45)41(28)33/h14-15,18,26-32,35-37,40,42-44,46-47,54,59,61-64H,7-13,16-17,19-25H2,1-6H3,(H3,53,56,57). The monoisotopic (exact) mass is 947 g/mol. The van der Waals surface area contributed by atoms with Crippen LogP contribution in [0.25, 0.3) is 0 Å². The highest BCUT2D eigenvalue weighted by Gasteiger charge is 2.74. The number of nitrogens with zero attached hydrogens (tertiary/aromatic N) is 3. The fraction of sp³-hybridized carbons (Fsp3) is 0.788. The second-order valence-corrected chi connectivity index (χ2v) is 26.2. The fourth-order valence-electron chi connectivity index (χ4n) is 17.6. The predicted octanol–water partition coefficient (Wildman–Crippen LogP) is 6.17. The number of nitrogens with two attached hydrogens (primary N) is 1. The van der Waals surface area contributed by atoms with Crippen LogP contribution in [0, 0.1) is 75.4 Å². The molecule has 0 radical (unpaired) electrons. The number of aromatic nitrogens is 2. The van der Waals surface area contributed by atoms with Gasteiger partial charge in [0, 0.05) is 78.0 Å². The Hall–Kier alpha value is -2.17. The number of carbonyl (C=O) groups excluding carboxylic acids is 1. The van der Waals surface area contributed by atoms with Crippen molar-refractivity contribution in [3.05, 3.63) is 52.7 Å². The first-order valence-electron chi connectivity index (χ1n) is 25.5. The third kappa shape index (κ3) is 7.32. The highest BCUT2D eigenvalue weighted by Crippen LogP contribution is 2.74. The second kappa shape index (κ2) is 17.6. The molecule has 364 valence electrons. The van der Waals surface area contributed by atoms with Crippen LogP contribution in [0.2, 0.25) is 0 Å². The average molecular weight is 947 g/mol. The zero-order valence-electron chi connectivity index (χ0n) is 40.2. The third-order valence-electron chi connectivity index (χ3n) is 19.7. The van der Waals surface area contributed by atoms with Crippen LogP contribution in [-0.2, 0) is 4.79 Å². The quantitative estimate of drug-likeness (QED) is 0.0532. The van der Waals surface area contributed by atoms with E-state index < -0.39 is 52.8 Å². The minimum absolute atomic E-state index is 0.0437. The van der Waals surface area contributed by atoms with Crippen LogP contribution < -0.4 is 16.4 Å². The number of guanidine groups is 1. The van der Waals surface area contributed by atoms with Crippen molar-refractivity contribution in [1.29, 1.82) is 0 Å². The van der Waals surface area contributed by atoms with Crippen molar-refractivity contribution in [1.82, 2.24) is 20.2 Å². The first kappa shape index (κ1) is 47.5. The van der Waals surface area contributed by atoms with Gasteiger partial charge in [0.25, 0.3) is 0 Å². The number of aliphatic hydroxyl groups excluding tert-OH is 4. The summed E-state index contributed by atoms with van der Waals surface area (Å²) in [6, 6.07) is 0.183. The lowest BCUT2D eigenvalue weighted by Crippen LogP contribution is -2.67. The summed E-state index contributed by atoms with van der Waals surface area (Å²) in [6.45, 7) is 11.6. The Morgan fingerprint density at radius 1 is 1.00 bits per heavy atom. The number of fused-ring (bicyclic) bond motifs is 13. The van der Waals surface area contributed by atoms with Gasteiger partial charge in [0.2, 0.25) is 0 Å². The molecule has 8 aliphatic carbocycles. The molecular formula is C52H78N6O6S2. The van der Waals surface area contributed by atoms with Gasteiger partial charge in [-0.2, -0.15) is 0 Å². The minimum Gasteiger partial charge on any atom is -0.392 e. The molecule has 10 rings (SSSR count). The number of imidazole rings is 1. The summed E-state index contributed by atoms with van der Waals surface area (Å²) in [5.41, 5.74) is 10.4. The summed E-state index contributed by atoms with van der Waals surface area (Å²) in [7, 11) is 5.53. The second-order valence-electron chi connectivity index (χ2n) is 23.7. The molecule has 1 saturated heterocycles. The maximum absolute atomic E-state index is 15.1. The molecule has 0 amide bonds. The molecule has 6 fully saturated rings. The molecule has 18 atom stereocenters. The van der Waals surface area contributed by atoms with Crippen LogP contribution >= 0.6 is 21.6 Å². The Morgan fingerprint density at radius 2 is 1.77 bits per heavy atom. The van der Waals surface area contributed by atoms with Crippen LogP contribution in [0.15, 0.2) is 57.7 Å². The van der Waals surface area contributed by atoms with E-state index in [2.05, 4.69) is 54.1 Å².